The zero-order chi connectivity index (χ0) is 18.4. The highest BCUT2D eigenvalue weighted by molar-refractivity contribution is 8.00. The molecular weight excluding hydrogens is 355 g/mol. The molecule has 3 N–H and O–H groups in total. The molecule has 2 aromatic rings. The van der Waals surface area contributed by atoms with Crippen LogP contribution in [0.25, 0.3) is 0 Å². The number of benzene rings is 2. The van der Waals surface area contributed by atoms with Crippen LogP contribution in [0.1, 0.15) is 15.9 Å². The molecule has 0 unspecified atom stereocenters. The van der Waals surface area contributed by atoms with Crippen molar-refractivity contribution in [2.45, 2.75) is 10.4 Å². The van der Waals surface area contributed by atoms with E-state index in [9.17, 15) is 18.0 Å². The number of amidine groups is 1. The molecule has 0 saturated carbocycles. The molecule has 0 heterocycles. The lowest BCUT2D eigenvalue weighted by atomic mass is 10.2. The number of thioether (sulfide) groups is 1. The van der Waals surface area contributed by atoms with E-state index >= 15 is 0 Å². The maximum absolute atomic E-state index is 12.3. The summed E-state index contributed by atoms with van der Waals surface area (Å²) in [5.74, 6) is -1.08. The number of carbonyl (C=O) groups is 1. The van der Waals surface area contributed by atoms with Crippen molar-refractivity contribution in [1.82, 2.24) is 0 Å². The Morgan fingerprint density at radius 2 is 1.64 bits per heavy atom. The molecule has 0 fully saturated rings. The van der Waals surface area contributed by atoms with Crippen molar-refractivity contribution in [2.75, 3.05) is 0 Å². The first-order chi connectivity index (χ1) is 11.7. The van der Waals surface area contributed by atoms with Crippen molar-refractivity contribution in [3.05, 3.63) is 65.7 Å². The van der Waals surface area contributed by atoms with Crippen LogP contribution in [0.5, 0.6) is 0 Å². The molecule has 0 radical (unpaired) electrons. The summed E-state index contributed by atoms with van der Waals surface area (Å²) in [5, 5.41) is 7.72. The molecule has 0 atom stereocenters. The second-order valence-electron chi connectivity index (χ2n) is 4.62. The average molecular weight is 367 g/mol. The molecule has 0 aliphatic rings. The Morgan fingerprint density at radius 1 is 1.04 bits per heavy atom. The van der Waals surface area contributed by atoms with Gasteiger partial charge in [0.15, 0.2) is 0 Å². The zero-order valence-corrected chi connectivity index (χ0v) is 13.4. The number of alkyl halides is 3. The van der Waals surface area contributed by atoms with E-state index in [0.717, 1.165) is 12.1 Å². The Hall–Kier alpha value is -2.81. The van der Waals surface area contributed by atoms with Crippen molar-refractivity contribution in [3.8, 4) is 0 Å². The Balaban J connectivity index is 2.02. The molecule has 2 rings (SSSR count). The molecule has 0 aliphatic heterocycles. The molecule has 0 spiro atoms. The van der Waals surface area contributed by atoms with Gasteiger partial charge in [-0.05, 0) is 48.2 Å². The third kappa shape index (κ3) is 5.96. The zero-order valence-electron chi connectivity index (χ0n) is 12.6. The molecule has 9 heteroatoms. The quantitative estimate of drug-likeness (QED) is 0.491. The number of hydrogen-bond acceptors (Lipinski definition) is 4. The fraction of sp³-hybridized carbons (Fsp3) is 0.0625. The topological polar surface area (TPSA) is 88.5 Å². The second kappa shape index (κ2) is 7.84. The lowest BCUT2D eigenvalue weighted by Crippen LogP contribution is -2.22. The number of nitrogens with two attached hydrogens (primary N) is 1. The van der Waals surface area contributed by atoms with E-state index in [0.29, 0.717) is 5.56 Å². The van der Waals surface area contributed by atoms with E-state index in [4.69, 9.17) is 15.9 Å². The van der Waals surface area contributed by atoms with Crippen LogP contribution >= 0.6 is 11.8 Å². The SMILES string of the molecule is N=C(OC(N)=NC(=O)c1ccc(SC(F)(F)F)cc1)c1ccccc1. The van der Waals surface area contributed by atoms with Crippen molar-refractivity contribution in [3.63, 3.8) is 0 Å². The summed E-state index contributed by atoms with van der Waals surface area (Å²) < 4.78 is 41.7. The number of aliphatic imine (C=N–C) groups is 1. The number of nitrogens with zero attached hydrogens (tertiary/aromatic N) is 1. The number of ether oxygens (including phenoxy) is 1. The first-order valence-electron chi connectivity index (χ1n) is 6.81. The highest BCUT2D eigenvalue weighted by atomic mass is 32.2. The number of rotatable bonds is 3. The predicted octanol–water partition coefficient (Wildman–Crippen LogP) is 3.80. The van der Waals surface area contributed by atoms with Gasteiger partial charge in [-0.1, -0.05) is 18.2 Å². The Kier molecular flexibility index (Phi) is 5.81. The van der Waals surface area contributed by atoms with Crippen molar-refractivity contribution < 1.29 is 22.7 Å². The first kappa shape index (κ1) is 18.5. The van der Waals surface area contributed by atoms with Crippen LogP contribution in [-0.4, -0.2) is 23.3 Å². The minimum atomic E-state index is -4.40. The Morgan fingerprint density at radius 3 is 2.20 bits per heavy atom. The van der Waals surface area contributed by atoms with Crippen LogP contribution in [0.15, 0.2) is 64.5 Å². The number of nitrogens with one attached hydrogen (secondary N) is 1. The van der Waals surface area contributed by atoms with E-state index in [-0.39, 0.29) is 28.1 Å². The summed E-state index contributed by atoms with van der Waals surface area (Å²) in [4.78, 5) is 15.4. The molecule has 0 aliphatic carbocycles. The summed E-state index contributed by atoms with van der Waals surface area (Å²) in [6, 6.07) is 12.6. The number of halogens is 3. The van der Waals surface area contributed by atoms with Gasteiger partial charge >= 0.3 is 5.51 Å². The minimum Gasteiger partial charge on any atom is -0.407 e. The van der Waals surface area contributed by atoms with Crippen LogP contribution in [0, 0.1) is 5.41 Å². The first-order valence-corrected chi connectivity index (χ1v) is 7.62. The Bertz CT molecular complexity index is 791. The second-order valence-corrected chi connectivity index (χ2v) is 5.76. The van der Waals surface area contributed by atoms with E-state index in [1.54, 1.807) is 30.3 Å². The van der Waals surface area contributed by atoms with Crippen LogP contribution in [0.3, 0.4) is 0 Å². The normalized spacial score (nSPS) is 11.9. The predicted molar refractivity (Wildman–Crippen MR) is 88.7 cm³/mol. The van der Waals surface area contributed by atoms with Gasteiger partial charge in [0.2, 0.25) is 5.90 Å². The highest BCUT2D eigenvalue weighted by Crippen LogP contribution is 2.36. The lowest BCUT2D eigenvalue weighted by Gasteiger charge is -2.06. The summed E-state index contributed by atoms with van der Waals surface area (Å²) in [7, 11) is 0. The fourth-order valence-electron chi connectivity index (χ4n) is 1.74. The van der Waals surface area contributed by atoms with Crippen LogP contribution in [0.4, 0.5) is 13.2 Å². The number of amides is 1. The van der Waals surface area contributed by atoms with E-state index in [1.807, 2.05) is 0 Å². The summed E-state index contributed by atoms with van der Waals surface area (Å²) in [5.41, 5.74) is 1.57. The molecule has 130 valence electrons. The standard InChI is InChI=1S/C16H12F3N3O2S/c17-16(18,19)25-12-8-6-11(7-9-12)14(23)22-15(21)24-13(20)10-4-2-1-3-5-10/h1-9,20H,(H2,21,22,23). The van der Waals surface area contributed by atoms with Gasteiger partial charge in [0.05, 0.1) is 0 Å². The lowest BCUT2D eigenvalue weighted by molar-refractivity contribution is -0.0328. The number of carbonyl (C=O) groups excluding carboxylic acids is 1. The monoisotopic (exact) mass is 367 g/mol. The molecule has 1 amide bonds. The Labute approximate surface area is 145 Å². The molecule has 0 aromatic heterocycles. The smallest absolute Gasteiger partial charge is 0.407 e. The summed E-state index contributed by atoms with van der Waals surface area (Å²) in [6.07, 6.45) is 0. The van der Waals surface area contributed by atoms with E-state index in [1.165, 1.54) is 12.1 Å². The molecular formula is C16H12F3N3O2S. The van der Waals surface area contributed by atoms with Crippen molar-refractivity contribution in [2.24, 2.45) is 10.7 Å². The van der Waals surface area contributed by atoms with Gasteiger partial charge in [0.1, 0.15) is 0 Å². The third-order valence-corrected chi connectivity index (χ3v) is 3.53. The van der Waals surface area contributed by atoms with Gasteiger partial charge in [-0.25, -0.2) is 0 Å². The number of hydrogen-bond donors (Lipinski definition) is 2. The molecule has 2 aromatic carbocycles. The van der Waals surface area contributed by atoms with Gasteiger partial charge < -0.3 is 10.5 Å². The van der Waals surface area contributed by atoms with Gasteiger partial charge in [-0.15, -0.1) is 0 Å². The molecule has 25 heavy (non-hydrogen) atoms. The van der Waals surface area contributed by atoms with E-state index < -0.39 is 17.4 Å². The molecule has 0 bridgehead atoms. The maximum atomic E-state index is 12.3. The minimum absolute atomic E-state index is 0.0457. The fourth-order valence-corrected chi connectivity index (χ4v) is 2.28. The maximum Gasteiger partial charge on any atom is 0.446 e. The van der Waals surface area contributed by atoms with Crippen LogP contribution in [0.2, 0.25) is 0 Å². The van der Waals surface area contributed by atoms with Crippen molar-refractivity contribution >= 4 is 29.6 Å². The van der Waals surface area contributed by atoms with Gasteiger partial charge in [0, 0.05) is 16.0 Å². The largest absolute Gasteiger partial charge is 0.446 e. The summed E-state index contributed by atoms with van der Waals surface area (Å²) >= 11 is -0.284. The van der Waals surface area contributed by atoms with Gasteiger partial charge in [-0.2, -0.15) is 18.2 Å². The molecule has 5 nitrogen and oxygen atoms in total. The van der Waals surface area contributed by atoms with Gasteiger partial charge in [0.25, 0.3) is 11.9 Å². The average Bonchev–Trinajstić information content (AvgIpc) is 2.54. The van der Waals surface area contributed by atoms with Gasteiger partial charge in [-0.3, -0.25) is 10.2 Å². The molecule has 0 saturated heterocycles. The van der Waals surface area contributed by atoms with Crippen LogP contribution < -0.4 is 5.73 Å². The summed E-state index contributed by atoms with van der Waals surface area (Å²) in [6.45, 7) is 0. The third-order valence-electron chi connectivity index (χ3n) is 2.79. The van der Waals surface area contributed by atoms with E-state index in [2.05, 4.69) is 4.99 Å². The van der Waals surface area contributed by atoms with Crippen LogP contribution in [-0.2, 0) is 4.74 Å². The highest BCUT2D eigenvalue weighted by Gasteiger charge is 2.29. The van der Waals surface area contributed by atoms with Crippen molar-refractivity contribution in [1.29, 1.82) is 5.41 Å².